The number of ether oxygens (including phenoxy) is 1. The Morgan fingerprint density at radius 3 is 2.57 bits per heavy atom. The summed E-state index contributed by atoms with van der Waals surface area (Å²) in [7, 11) is 0. The van der Waals surface area contributed by atoms with Crippen LogP contribution in [0.4, 0.5) is 5.69 Å². The SMILES string of the molecule is Nc1cccc(C=Cc2cccc(COCCCCc3ccc(Br)cc3)n2)c1. The topological polar surface area (TPSA) is 48.1 Å². The summed E-state index contributed by atoms with van der Waals surface area (Å²) in [4.78, 5) is 4.64. The third kappa shape index (κ3) is 6.95. The molecule has 3 nitrogen and oxygen atoms in total. The second-order valence-corrected chi connectivity index (χ2v) is 7.61. The number of nitrogens with zero attached hydrogens (tertiary/aromatic N) is 1. The molecule has 0 fully saturated rings. The smallest absolute Gasteiger partial charge is 0.0888 e. The van der Waals surface area contributed by atoms with Gasteiger partial charge < -0.3 is 10.5 Å². The van der Waals surface area contributed by atoms with E-state index in [1.807, 2.05) is 54.6 Å². The van der Waals surface area contributed by atoms with Gasteiger partial charge in [-0.25, -0.2) is 0 Å². The molecule has 3 aromatic rings. The van der Waals surface area contributed by atoms with E-state index in [0.29, 0.717) is 6.61 Å². The Balaban J connectivity index is 1.40. The van der Waals surface area contributed by atoms with E-state index in [0.717, 1.165) is 53.0 Å². The number of halogens is 1. The third-order valence-corrected chi connectivity index (χ3v) is 4.88. The molecule has 4 heteroatoms. The first-order valence-electron chi connectivity index (χ1n) is 9.51. The van der Waals surface area contributed by atoms with Crippen LogP contribution in [0.3, 0.4) is 0 Å². The van der Waals surface area contributed by atoms with Crippen LogP contribution >= 0.6 is 15.9 Å². The standard InChI is InChI=1S/C24H25BrN2O/c25-21-13-10-19(11-14-21)5-1-2-16-28-18-24-9-4-8-23(27-24)15-12-20-6-3-7-22(26)17-20/h3-4,6-15,17H,1-2,5,16,18,26H2. The maximum atomic E-state index is 5.81. The highest BCUT2D eigenvalue weighted by molar-refractivity contribution is 9.10. The van der Waals surface area contributed by atoms with E-state index in [-0.39, 0.29) is 0 Å². The lowest BCUT2D eigenvalue weighted by Crippen LogP contribution is -1.99. The van der Waals surface area contributed by atoms with Gasteiger partial charge in [0, 0.05) is 16.8 Å². The molecule has 1 heterocycles. The molecule has 0 saturated carbocycles. The van der Waals surface area contributed by atoms with E-state index in [2.05, 4.69) is 45.2 Å². The van der Waals surface area contributed by atoms with Crippen LogP contribution in [0.1, 0.15) is 35.4 Å². The second kappa shape index (κ2) is 10.8. The maximum absolute atomic E-state index is 5.81. The Labute approximate surface area is 175 Å². The molecular weight excluding hydrogens is 412 g/mol. The second-order valence-electron chi connectivity index (χ2n) is 6.69. The van der Waals surface area contributed by atoms with Crippen molar-refractivity contribution in [3.8, 4) is 0 Å². The summed E-state index contributed by atoms with van der Waals surface area (Å²) in [5, 5.41) is 0. The molecule has 2 N–H and O–H groups in total. The number of unbranched alkanes of at least 4 members (excludes halogenated alkanes) is 1. The molecule has 2 aromatic carbocycles. The fourth-order valence-electron chi connectivity index (χ4n) is 2.88. The summed E-state index contributed by atoms with van der Waals surface area (Å²) in [6.07, 6.45) is 7.27. The highest BCUT2D eigenvalue weighted by Crippen LogP contribution is 2.13. The molecule has 0 aliphatic heterocycles. The minimum Gasteiger partial charge on any atom is -0.399 e. The van der Waals surface area contributed by atoms with Crippen LogP contribution < -0.4 is 5.73 Å². The minimum absolute atomic E-state index is 0.540. The van der Waals surface area contributed by atoms with Gasteiger partial charge in [0.05, 0.1) is 18.0 Å². The highest BCUT2D eigenvalue weighted by Gasteiger charge is 1.98. The van der Waals surface area contributed by atoms with Crippen LogP contribution in [-0.4, -0.2) is 11.6 Å². The van der Waals surface area contributed by atoms with Gasteiger partial charge in [0.2, 0.25) is 0 Å². The molecule has 144 valence electrons. The fraction of sp³-hybridized carbons (Fsp3) is 0.208. The Bertz CT molecular complexity index is 906. The maximum Gasteiger partial charge on any atom is 0.0888 e. The van der Waals surface area contributed by atoms with Crippen LogP contribution in [0.5, 0.6) is 0 Å². The normalized spacial score (nSPS) is 11.2. The van der Waals surface area contributed by atoms with E-state index in [1.165, 1.54) is 5.56 Å². The predicted octanol–water partition coefficient (Wildman–Crippen LogP) is 6.14. The average molecular weight is 437 g/mol. The molecule has 1 aromatic heterocycles. The number of hydrogen-bond acceptors (Lipinski definition) is 3. The predicted molar refractivity (Wildman–Crippen MR) is 121 cm³/mol. The van der Waals surface area contributed by atoms with Gasteiger partial charge in [0.25, 0.3) is 0 Å². The van der Waals surface area contributed by atoms with E-state index in [1.54, 1.807) is 0 Å². The largest absolute Gasteiger partial charge is 0.399 e. The zero-order valence-electron chi connectivity index (χ0n) is 15.9. The van der Waals surface area contributed by atoms with Crippen LogP contribution in [0.15, 0.2) is 71.2 Å². The van der Waals surface area contributed by atoms with Crippen LogP contribution in [0.25, 0.3) is 12.2 Å². The number of aryl methyl sites for hydroxylation is 1. The quantitative estimate of drug-likeness (QED) is 0.323. The first kappa shape index (κ1) is 20.3. The van der Waals surface area contributed by atoms with Crippen LogP contribution in [-0.2, 0) is 17.8 Å². The van der Waals surface area contributed by atoms with Crippen molar-refractivity contribution in [3.63, 3.8) is 0 Å². The molecule has 0 aliphatic carbocycles. The molecule has 0 bridgehead atoms. The van der Waals surface area contributed by atoms with E-state index in [9.17, 15) is 0 Å². The number of anilines is 1. The van der Waals surface area contributed by atoms with Gasteiger partial charge in [-0.05, 0) is 72.9 Å². The monoisotopic (exact) mass is 436 g/mol. The highest BCUT2D eigenvalue weighted by atomic mass is 79.9. The number of benzene rings is 2. The first-order valence-corrected chi connectivity index (χ1v) is 10.3. The number of hydrogen-bond donors (Lipinski definition) is 1. The Kier molecular flexibility index (Phi) is 7.82. The molecule has 0 aliphatic rings. The summed E-state index contributed by atoms with van der Waals surface area (Å²) in [6, 6.07) is 22.3. The average Bonchev–Trinajstić information content (AvgIpc) is 2.71. The van der Waals surface area contributed by atoms with Crippen molar-refractivity contribution < 1.29 is 4.74 Å². The lowest BCUT2D eigenvalue weighted by Gasteiger charge is -2.05. The summed E-state index contributed by atoms with van der Waals surface area (Å²) in [5.74, 6) is 0. The molecule has 0 amide bonds. The number of nitrogen functional groups attached to an aromatic ring is 1. The molecular formula is C24H25BrN2O. The summed E-state index contributed by atoms with van der Waals surface area (Å²) < 4.78 is 6.92. The molecule has 0 spiro atoms. The van der Waals surface area contributed by atoms with Gasteiger partial charge in [-0.2, -0.15) is 0 Å². The number of rotatable bonds is 9. The molecule has 3 rings (SSSR count). The fourth-order valence-corrected chi connectivity index (χ4v) is 3.14. The molecule has 0 radical (unpaired) electrons. The summed E-state index contributed by atoms with van der Waals surface area (Å²) >= 11 is 3.46. The van der Waals surface area contributed by atoms with Gasteiger partial charge in [-0.1, -0.05) is 52.3 Å². The van der Waals surface area contributed by atoms with E-state index < -0.39 is 0 Å². The Morgan fingerprint density at radius 2 is 1.75 bits per heavy atom. The number of pyridine rings is 1. The zero-order chi connectivity index (χ0) is 19.6. The molecule has 28 heavy (non-hydrogen) atoms. The lowest BCUT2D eigenvalue weighted by molar-refractivity contribution is 0.114. The van der Waals surface area contributed by atoms with Crippen molar-refractivity contribution in [2.75, 3.05) is 12.3 Å². The van der Waals surface area contributed by atoms with Gasteiger partial charge >= 0.3 is 0 Å². The molecule has 0 atom stereocenters. The first-order chi connectivity index (χ1) is 13.7. The van der Waals surface area contributed by atoms with E-state index in [4.69, 9.17) is 10.5 Å². The Hall–Kier alpha value is -2.43. The van der Waals surface area contributed by atoms with Crippen molar-refractivity contribution in [2.24, 2.45) is 0 Å². The third-order valence-electron chi connectivity index (χ3n) is 4.35. The van der Waals surface area contributed by atoms with Gasteiger partial charge in [-0.15, -0.1) is 0 Å². The van der Waals surface area contributed by atoms with Crippen molar-refractivity contribution >= 4 is 33.8 Å². The van der Waals surface area contributed by atoms with Crippen molar-refractivity contribution in [2.45, 2.75) is 25.9 Å². The van der Waals surface area contributed by atoms with Gasteiger partial charge in [-0.3, -0.25) is 4.98 Å². The van der Waals surface area contributed by atoms with Crippen molar-refractivity contribution in [1.82, 2.24) is 4.98 Å². The van der Waals surface area contributed by atoms with Gasteiger partial charge in [0.15, 0.2) is 0 Å². The zero-order valence-corrected chi connectivity index (χ0v) is 17.4. The molecule has 0 saturated heterocycles. The van der Waals surface area contributed by atoms with Crippen molar-refractivity contribution in [3.05, 3.63) is 93.7 Å². The lowest BCUT2D eigenvalue weighted by atomic mass is 10.1. The van der Waals surface area contributed by atoms with Crippen molar-refractivity contribution in [1.29, 1.82) is 0 Å². The van der Waals surface area contributed by atoms with Crippen LogP contribution in [0, 0.1) is 0 Å². The minimum atomic E-state index is 0.540. The van der Waals surface area contributed by atoms with E-state index >= 15 is 0 Å². The number of aromatic nitrogens is 1. The van der Waals surface area contributed by atoms with Crippen LogP contribution in [0.2, 0.25) is 0 Å². The Morgan fingerprint density at radius 1 is 0.929 bits per heavy atom. The number of nitrogens with two attached hydrogens (primary N) is 1. The molecule has 0 unspecified atom stereocenters. The van der Waals surface area contributed by atoms with Gasteiger partial charge in [0.1, 0.15) is 0 Å². The summed E-state index contributed by atoms with van der Waals surface area (Å²) in [6.45, 7) is 1.29. The summed E-state index contributed by atoms with van der Waals surface area (Å²) in [5.41, 5.74) is 10.9.